The minimum absolute atomic E-state index is 0.336. The lowest BCUT2D eigenvalue weighted by Crippen LogP contribution is -1.83. The number of rotatable bonds is 1. The van der Waals surface area contributed by atoms with Crippen LogP contribution < -0.4 is 0 Å². The third-order valence-electron chi connectivity index (χ3n) is 0.805. The first-order valence-electron chi connectivity index (χ1n) is 2.39. The van der Waals surface area contributed by atoms with E-state index in [0.717, 1.165) is 12.1 Å². The predicted molar refractivity (Wildman–Crippen MR) is 29.8 cm³/mol. The van der Waals surface area contributed by atoms with E-state index in [1.807, 2.05) is 0 Å². The fourth-order valence-corrected chi connectivity index (χ4v) is 0.428. The van der Waals surface area contributed by atoms with Crippen molar-refractivity contribution in [3.8, 4) is 0 Å². The molecule has 0 bridgehead atoms. The Morgan fingerprint density at radius 2 is 2.50 bits per heavy atom. The predicted octanol–water partition coefficient (Wildman–Crippen LogP) is 0.583. The molecule has 0 saturated heterocycles. The first-order valence-corrected chi connectivity index (χ1v) is 2.39. The molecule has 5 heteroatoms. The van der Waals surface area contributed by atoms with Gasteiger partial charge in [-0.2, -0.15) is 5.10 Å². The van der Waals surface area contributed by atoms with Crippen LogP contribution in [0.2, 0.25) is 0 Å². The molecular weight excluding hydrogens is 137 g/mol. The van der Waals surface area contributed by atoms with Gasteiger partial charge in [-0.05, 0) is 6.07 Å². The molecule has 0 aliphatic carbocycles. The highest BCUT2D eigenvalue weighted by Crippen LogP contribution is 2.08. The molecule has 4 nitrogen and oxygen atoms in total. The van der Waals surface area contributed by atoms with Gasteiger partial charge in [0, 0.05) is 0 Å². The van der Waals surface area contributed by atoms with E-state index in [0.29, 0.717) is 0 Å². The van der Waals surface area contributed by atoms with E-state index in [4.69, 9.17) is 0 Å². The molecule has 0 saturated carbocycles. The van der Waals surface area contributed by atoms with E-state index in [9.17, 15) is 9.18 Å². The number of aromatic nitrogens is 2. The van der Waals surface area contributed by atoms with Crippen LogP contribution in [-0.2, 0) is 4.79 Å². The first kappa shape index (κ1) is 6.51. The molecule has 0 aliphatic heterocycles. The second kappa shape index (κ2) is 2.80. The summed E-state index contributed by atoms with van der Waals surface area (Å²) in [5, 5.41) is 6.52. The van der Waals surface area contributed by atoms with Gasteiger partial charge in [-0.3, -0.25) is 0 Å². The van der Waals surface area contributed by atoms with Crippen LogP contribution in [0.5, 0.6) is 0 Å². The third-order valence-corrected chi connectivity index (χ3v) is 0.805. The molecule has 50 valence electrons. The normalized spacial score (nSPS) is 8.50. The van der Waals surface area contributed by atoms with Crippen molar-refractivity contribution in [2.45, 2.75) is 0 Å². The van der Waals surface area contributed by atoms with Crippen molar-refractivity contribution in [3.05, 3.63) is 18.1 Å². The van der Waals surface area contributed by atoms with Crippen molar-refractivity contribution in [3.63, 3.8) is 0 Å². The summed E-state index contributed by atoms with van der Waals surface area (Å²) in [7, 11) is 0. The fraction of sp³-hybridized carbons (Fsp3) is 0. The summed E-state index contributed by atoms with van der Waals surface area (Å²) in [5.41, 5.74) is 0. The largest absolute Gasteiger partial charge is 0.242 e. The van der Waals surface area contributed by atoms with Gasteiger partial charge in [-0.15, -0.1) is 10.1 Å². The van der Waals surface area contributed by atoms with E-state index in [1.54, 1.807) is 0 Å². The van der Waals surface area contributed by atoms with Crippen molar-refractivity contribution in [2.24, 2.45) is 4.99 Å². The van der Waals surface area contributed by atoms with Crippen LogP contribution in [0, 0.1) is 5.82 Å². The Hall–Kier alpha value is -1.61. The zero-order chi connectivity index (χ0) is 7.40. The summed E-state index contributed by atoms with van der Waals surface area (Å²) in [6.07, 6.45) is 2.32. The van der Waals surface area contributed by atoms with Crippen LogP contribution >= 0.6 is 0 Å². The average Bonchev–Trinajstić information content (AvgIpc) is 1.94. The Morgan fingerprint density at radius 1 is 1.70 bits per heavy atom. The van der Waals surface area contributed by atoms with Crippen LogP contribution in [0.15, 0.2) is 17.3 Å². The molecule has 10 heavy (non-hydrogen) atoms. The molecule has 1 rings (SSSR count). The lowest BCUT2D eigenvalue weighted by atomic mass is 10.5. The highest BCUT2D eigenvalue weighted by Gasteiger charge is 1.98. The second-order valence-electron chi connectivity index (χ2n) is 1.41. The van der Waals surface area contributed by atoms with Crippen LogP contribution in [0.1, 0.15) is 0 Å². The Labute approximate surface area is 55.4 Å². The molecule has 0 aromatic carbocycles. The third kappa shape index (κ3) is 1.21. The first-order chi connectivity index (χ1) is 4.84. The van der Waals surface area contributed by atoms with Gasteiger partial charge in [0.25, 0.3) is 0 Å². The number of halogens is 1. The number of aliphatic imine (C=N–C) groups is 1. The maximum absolute atomic E-state index is 12.4. The summed E-state index contributed by atoms with van der Waals surface area (Å²) in [5.74, 6) is -1.02. The molecule has 0 fully saturated rings. The Kier molecular flexibility index (Phi) is 1.82. The van der Waals surface area contributed by atoms with E-state index < -0.39 is 5.82 Å². The maximum atomic E-state index is 12.4. The minimum Gasteiger partial charge on any atom is -0.211 e. The molecule has 1 heterocycles. The summed E-state index contributed by atoms with van der Waals surface area (Å²) in [4.78, 5) is 12.6. The highest BCUT2D eigenvalue weighted by atomic mass is 19.1. The zero-order valence-corrected chi connectivity index (χ0v) is 4.78. The van der Waals surface area contributed by atoms with Gasteiger partial charge in [-0.1, -0.05) is 0 Å². The molecule has 0 N–H and O–H groups in total. The second-order valence-corrected chi connectivity index (χ2v) is 1.41. The van der Waals surface area contributed by atoms with Crippen LogP contribution in [0.4, 0.5) is 10.2 Å². The molecule has 1 aromatic heterocycles. The number of carbonyl (C=O) groups excluding carboxylic acids is 1. The van der Waals surface area contributed by atoms with E-state index >= 15 is 0 Å². The van der Waals surface area contributed by atoms with Gasteiger partial charge in [0.1, 0.15) is 0 Å². The minimum atomic E-state index is -0.682. The highest BCUT2D eigenvalue weighted by molar-refractivity contribution is 5.43. The van der Waals surface area contributed by atoms with Crippen LogP contribution in [-0.4, -0.2) is 16.3 Å². The van der Waals surface area contributed by atoms with E-state index in [1.165, 1.54) is 6.20 Å². The summed E-state index contributed by atoms with van der Waals surface area (Å²) in [6.45, 7) is 0. The van der Waals surface area contributed by atoms with Gasteiger partial charge in [0.15, 0.2) is 5.82 Å². The summed E-state index contributed by atoms with van der Waals surface area (Å²) >= 11 is 0. The van der Waals surface area contributed by atoms with Crippen LogP contribution in [0.25, 0.3) is 0 Å². The zero-order valence-electron chi connectivity index (χ0n) is 4.78. The molecule has 0 spiro atoms. The molecule has 1 aromatic rings. The smallest absolute Gasteiger partial charge is 0.211 e. The molecule has 0 unspecified atom stereocenters. The molecule has 0 atom stereocenters. The Morgan fingerprint density at radius 3 is 3.10 bits per heavy atom. The molecular formula is C5H2FN3O. The summed E-state index contributed by atoms with van der Waals surface area (Å²) in [6, 6.07) is 1.06. The van der Waals surface area contributed by atoms with Crippen molar-refractivity contribution in [1.29, 1.82) is 0 Å². The van der Waals surface area contributed by atoms with E-state index in [-0.39, 0.29) is 5.82 Å². The average molecular weight is 139 g/mol. The molecule has 0 radical (unpaired) electrons. The quantitative estimate of drug-likeness (QED) is 0.422. The van der Waals surface area contributed by atoms with Gasteiger partial charge >= 0.3 is 0 Å². The number of hydrogen-bond donors (Lipinski definition) is 0. The number of nitrogens with zero attached hydrogens (tertiary/aromatic N) is 3. The monoisotopic (exact) mass is 139 g/mol. The van der Waals surface area contributed by atoms with Crippen LogP contribution in [0.3, 0.4) is 0 Å². The van der Waals surface area contributed by atoms with Crippen molar-refractivity contribution in [2.75, 3.05) is 0 Å². The molecule has 0 amide bonds. The van der Waals surface area contributed by atoms with E-state index in [2.05, 4.69) is 15.2 Å². The lowest BCUT2D eigenvalue weighted by Gasteiger charge is -1.86. The number of hydrogen-bond acceptors (Lipinski definition) is 4. The summed E-state index contributed by atoms with van der Waals surface area (Å²) < 4.78 is 12.4. The lowest BCUT2D eigenvalue weighted by molar-refractivity contribution is 0.563. The Bertz CT molecular complexity index is 282. The van der Waals surface area contributed by atoms with Gasteiger partial charge in [0.2, 0.25) is 11.9 Å². The number of isocyanates is 1. The van der Waals surface area contributed by atoms with Gasteiger partial charge < -0.3 is 0 Å². The standard InChI is InChI=1S/C5H2FN3O/c6-4-1-2-8-9-5(4)7-3-10/h1-2H. The van der Waals surface area contributed by atoms with Crippen molar-refractivity contribution in [1.82, 2.24) is 10.2 Å². The molecule has 0 aliphatic rings. The van der Waals surface area contributed by atoms with Crippen molar-refractivity contribution < 1.29 is 9.18 Å². The van der Waals surface area contributed by atoms with Gasteiger partial charge in [-0.25, -0.2) is 9.18 Å². The maximum Gasteiger partial charge on any atom is 0.242 e. The topological polar surface area (TPSA) is 55.2 Å². The SMILES string of the molecule is O=C=Nc1nnccc1F. The Balaban J connectivity index is 3.14. The van der Waals surface area contributed by atoms with Gasteiger partial charge in [0.05, 0.1) is 6.20 Å². The van der Waals surface area contributed by atoms with Crippen molar-refractivity contribution >= 4 is 11.9 Å². The fourth-order valence-electron chi connectivity index (χ4n) is 0.428.